The number of carbonyl (C=O) groups is 1. The number of nitrogens with zero attached hydrogens (tertiary/aromatic N) is 2. The lowest BCUT2D eigenvalue weighted by Gasteiger charge is -2.41. The van der Waals surface area contributed by atoms with Crippen LogP contribution in [0, 0.1) is 5.92 Å². The first-order chi connectivity index (χ1) is 10.8. The Labute approximate surface area is 141 Å². The van der Waals surface area contributed by atoms with Gasteiger partial charge in [-0.05, 0) is 66.2 Å². The number of ether oxygens (including phenoxy) is 1. The fourth-order valence-corrected chi connectivity index (χ4v) is 3.61. The molecule has 5 heteroatoms. The highest BCUT2D eigenvalue weighted by Gasteiger charge is 2.28. The number of rotatable bonds is 3. The van der Waals surface area contributed by atoms with Gasteiger partial charge in [0.1, 0.15) is 5.60 Å². The number of hydrogen-bond acceptors (Lipinski definition) is 4. The van der Waals surface area contributed by atoms with E-state index in [0.717, 1.165) is 32.5 Å². The molecule has 1 amide bonds. The van der Waals surface area contributed by atoms with E-state index in [9.17, 15) is 4.79 Å². The molecule has 2 saturated heterocycles. The van der Waals surface area contributed by atoms with Gasteiger partial charge in [-0.1, -0.05) is 6.42 Å². The summed E-state index contributed by atoms with van der Waals surface area (Å²) in [4.78, 5) is 13.9. The summed E-state index contributed by atoms with van der Waals surface area (Å²) in [6.07, 6.45) is 5.87. The summed E-state index contributed by atoms with van der Waals surface area (Å²) in [6, 6.07) is 1.25. The third-order valence-corrected chi connectivity index (χ3v) is 5.02. The zero-order chi connectivity index (χ0) is 17.0. The van der Waals surface area contributed by atoms with Crippen LogP contribution in [0.1, 0.15) is 66.7 Å². The molecule has 2 rings (SSSR count). The van der Waals surface area contributed by atoms with Crippen molar-refractivity contribution < 1.29 is 9.53 Å². The van der Waals surface area contributed by atoms with Crippen molar-refractivity contribution in [3.63, 3.8) is 0 Å². The lowest BCUT2D eigenvalue weighted by atomic mass is 9.96. The third-order valence-electron chi connectivity index (χ3n) is 5.02. The molecule has 2 aliphatic rings. The Kier molecular flexibility index (Phi) is 6.32. The topological polar surface area (TPSA) is 44.8 Å². The van der Waals surface area contributed by atoms with Gasteiger partial charge in [0.05, 0.1) is 0 Å². The highest BCUT2D eigenvalue weighted by atomic mass is 16.6. The second kappa shape index (κ2) is 7.84. The molecule has 0 aromatic carbocycles. The van der Waals surface area contributed by atoms with Crippen LogP contribution < -0.4 is 5.43 Å². The first-order valence-electron chi connectivity index (χ1n) is 9.26. The number of nitrogens with one attached hydrogen (secondary N) is 1. The molecule has 2 unspecified atom stereocenters. The molecule has 0 saturated carbocycles. The fraction of sp³-hybridized carbons (Fsp3) is 0.944. The summed E-state index contributed by atoms with van der Waals surface area (Å²) in [5.74, 6) is 0.648. The highest BCUT2D eigenvalue weighted by Crippen LogP contribution is 2.22. The maximum absolute atomic E-state index is 12.1. The van der Waals surface area contributed by atoms with Gasteiger partial charge in [-0.25, -0.2) is 9.80 Å². The lowest BCUT2D eigenvalue weighted by Crippen LogP contribution is -2.54. The molecule has 2 aliphatic heterocycles. The Bertz CT molecular complexity index is 376. The largest absolute Gasteiger partial charge is 0.444 e. The summed E-state index contributed by atoms with van der Waals surface area (Å²) >= 11 is 0. The smallest absolute Gasteiger partial charge is 0.410 e. The second-order valence-electron chi connectivity index (χ2n) is 8.31. The van der Waals surface area contributed by atoms with Crippen LogP contribution in [0.25, 0.3) is 0 Å². The molecule has 2 atom stereocenters. The summed E-state index contributed by atoms with van der Waals surface area (Å²) in [5, 5.41) is 2.45. The van der Waals surface area contributed by atoms with Crippen molar-refractivity contribution in [2.45, 2.75) is 84.4 Å². The molecule has 2 heterocycles. The van der Waals surface area contributed by atoms with Crippen molar-refractivity contribution in [1.82, 2.24) is 15.3 Å². The van der Waals surface area contributed by atoms with E-state index < -0.39 is 5.60 Å². The van der Waals surface area contributed by atoms with Crippen molar-refractivity contribution in [3.8, 4) is 0 Å². The Morgan fingerprint density at radius 3 is 2.17 bits per heavy atom. The highest BCUT2D eigenvalue weighted by molar-refractivity contribution is 5.68. The predicted molar refractivity (Wildman–Crippen MR) is 93.1 cm³/mol. The van der Waals surface area contributed by atoms with E-state index in [4.69, 9.17) is 4.74 Å². The molecule has 0 radical (unpaired) electrons. The molecular formula is C18H35N3O2. The molecule has 1 N–H and O–H groups in total. The Hall–Kier alpha value is -0.810. The molecule has 0 spiro atoms. The van der Waals surface area contributed by atoms with Gasteiger partial charge in [0, 0.05) is 31.7 Å². The van der Waals surface area contributed by atoms with Crippen molar-refractivity contribution >= 4 is 6.09 Å². The standard InChI is InChI=1S/C18H35N3O2/c1-14-7-6-8-15(2)21(14)19-13-16-9-11-20(12-10-16)17(22)23-18(3,4)5/h14-16,19H,6-13H2,1-5H3. The number of piperidine rings is 2. The molecule has 23 heavy (non-hydrogen) atoms. The fourth-order valence-electron chi connectivity index (χ4n) is 3.61. The molecule has 0 aromatic rings. The molecule has 2 fully saturated rings. The maximum atomic E-state index is 12.1. The molecule has 0 aromatic heterocycles. The normalized spacial score (nSPS) is 28.0. The quantitative estimate of drug-likeness (QED) is 0.864. The number of amides is 1. The number of likely N-dealkylation sites (tertiary alicyclic amines) is 1. The van der Waals surface area contributed by atoms with E-state index in [1.54, 1.807) is 0 Å². The van der Waals surface area contributed by atoms with Crippen molar-refractivity contribution in [2.75, 3.05) is 19.6 Å². The summed E-state index contributed by atoms with van der Waals surface area (Å²) < 4.78 is 5.46. The molecular weight excluding hydrogens is 290 g/mol. The van der Waals surface area contributed by atoms with E-state index in [2.05, 4.69) is 24.3 Å². The minimum absolute atomic E-state index is 0.165. The van der Waals surface area contributed by atoms with E-state index >= 15 is 0 Å². The van der Waals surface area contributed by atoms with Crippen LogP contribution in [0.15, 0.2) is 0 Å². The van der Waals surface area contributed by atoms with Gasteiger partial charge in [-0.3, -0.25) is 5.43 Å². The Morgan fingerprint density at radius 2 is 1.65 bits per heavy atom. The summed E-state index contributed by atoms with van der Waals surface area (Å²) in [7, 11) is 0. The number of hydrogen-bond donors (Lipinski definition) is 1. The van der Waals surface area contributed by atoms with Crippen LogP contribution in [-0.2, 0) is 4.74 Å². The van der Waals surface area contributed by atoms with Crippen molar-refractivity contribution in [3.05, 3.63) is 0 Å². The number of carbonyl (C=O) groups excluding carboxylic acids is 1. The third kappa shape index (κ3) is 5.64. The summed E-state index contributed by atoms with van der Waals surface area (Å²) in [6.45, 7) is 13.0. The first kappa shape index (κ1) is 18.5. The van der Waals surface area contributed by atoms with Crippen LogP contribution >= 0.6 is 0 Å². The average Bonchev–Trinajstić information content (AvgIpc) is 2.45. The first-order valence-corrected chi connectivity index (χ1v) is 9.26. The van der Waals surface area contributed by atoms with Crippen LogP contribution in [0.4, 0.5) is 4.79 Å². The van der Waals surface area contributed by atoms with Gasteiger partial charge >= 0.3 is 6.09 Å². The van der Waals surface area contributed by atoms with Crippen molar-refractivity contribution in [1.29, 1.82) is 0 Å². The molecule has 0 bridgehead atoms. The maximum Gasteiger partial charge on any atom is 0.410 e. The Morgan fingerprint density at radius 1 is 1.09 bits per heavy atom. The molecule has 134 valence electrons. The Balaban J connectivity index is 1.71. The van der Waals surface area contributed by atoms with Crippen LogP contribution in [0.2, 0.25) is 0 Å². The molecule has 0 aliphatic carbocycles. The van der Waals surface area contributed by atoms with Gasteiger partial charge < -0.3 is 9.64 Å². The van der Waals surface area contributed by atoms with Crippen LogP contribution in [0.5, 0.6) is 0 Å². The van der Waals surface area contributed by atoms with Crippen LogP contribution in [0.3, 0.4) is 0 Å². The van der Waals surface area contributed by atoms with Gasteiger partial charge in [0.25, 0.3) is 0 Å². The van der Waals surface area contributed by atoms with E-state index in [1.165, 1.54) is 19.3 Å². The lowest BCUT2D eigenvalue weighted by molar-refractivity contribution is 0.0134. The molecule has 5 nitrogen and oxygen atoms in total. The van der Waals surface area contributed by atoms with E-state index in [1.807, 2.05) is 25.7 Å². The van der Waals surface area contributed by atoms with E-state index in [0.29, 0.717) is 18.0 Å². The van der Waals surface area contributed by atoms with Gasteiger partial charge in [0.2, 0.25) is 0 Å². The predicted octanol–water partition coefficient (Wildman–Crippen LogP) is 3.40. The minimum atomic E-state index is -0.407. The van der Waals surface area contributed by atoms with Crippen molar-refractivity contribution in [2.24, 2.45) is 5.92 Å². The van der Waals surface area contributed by atoms with Crippen LogP contribution in [-0.4, -0.2) is 53.3 Å². The van der Waals surface area contributed by atoms with Gasteiger partial charge in [-0.2, -0.15) is 0 Å². The van der Waals surface area contributed by atoms with Gasteiger partial charge in [-0.15, -0.1) is 0 Å². The minimum Gasteiger partial charge on any atom is -0.444 e. The zero-order valence-electron chi connectivity index (χ0n) is 15.6. The second-order valence-corrected chi connectivity index (χ2v) is 8.31. The number of hydrazine groups is 1. The zero-order valence-corrected chi connectivity index (χ0v) is 15.6. The average molecular weight is 325 g/mol. The van der Waals surface area contributed by atoms with Gasteiger partial charge in [0.15, 0.2) is 0 Å². The summed E-state index contributed by atoms with van der Waals surface area (Å²) in [5.41, 5.74) is 3.27. The monoisotopic (exact) mass is 325 g/mol. The van der Waals surface area contributed by atoms with E-state index in [-0.39, 0.29) is 6.09 Å². The SMILES string of the molecule is CC1CCCC(C)N1NCC1CCN(C(=O)OC(C)(C)C)CC1.